The fourth-order valence-corrected chi connectivity index (χ4v) is 1.87. The summed E-state index contributed by atoms with van der Waals surface area (Å²) in [5.41, 5.74) is 1.87. The molecule has 0 radical (unpaired) electrons. The minimum atomic E-state index is 0.411. The monoisotopic (exact) mass is 153 g/mol. The molecule has 0 saturated heterocycles. The molecule has 0 aromatic heterocycles. The van der Waals surface area contributed by atoms with E-state index in [1.165, 1.54) is 18.6 Å². The van der Waals surface area contributed by atoms with E-state index in [2.05, 4.69) is 32.7 Å². The molecule has 0 saturated carbocycles. The summed E-state index contributed by atoms with van der Waals surface area (Å²) in [5, 5.41) is 0. The highest BCUT2D eigenvalue weighted by molar-refractivity contribution is 5.91. The summed E-state index contributed by atoms with van der Waals surface area (Å²) in [6.45, 7) is 10.3. The predicted molar refractivity (Wildman–Crippen MR) is 50.2 cm³/mol. The van der Waals surface area contributed by atoms with Crippen molar-refractivity contribution in [2.75, 3.05) is 6.54 Å². The summed E-state index contributed by atoms with van der Waals surface area (Å²) in [6, 6.07) is 0. The molecular weight excluding hydrogens is 134 g/mol. The van der Waals surface area contributed by atoms with Crippen LogP contribution in [-0.4, -0.2) is 12.3 Å². The van der Waals surface area contributed by atoms with Crippen LogP contribution in [0.5, 0.6) is 0 Å². The fourth-order valence-electron chi connectivity index (χ4n) is 1.87. The second-order valence-electron chi connectivity index (χ2n) is 4.45. The highest BCUT2D eigenvalue weighted by Gasteiger charge is 2.29. The topological polar surface area (TPSA) is 12.4 Å². The van der Waals surface area contributed by atoms with Gasteiger partial charge in [-0.1, -0.05) is 27.7 Å². The molecule has 0 bridgehead atoms. The molecule has 1 atom stereocenters. The van der Waals surface area contributed by atoms with E-state index >= 15 is 0 Å². The Hall–Kier alpha value is -0.330. The number of hydrogen-bond donors (Lipinski definition) is 0. The molecule has 1 nitrogen and oxygen atoms in total. The van der Waals surface area contributed by atoms with E-state index in [1.54, 1.807) is 0 Å². The fraction of sp³-hybridized carbons (Fsp3) is 0.900. The van der Waals surface area contributed by atoms with Crippen LogP contribution in [0.1, 0.15) is 40.5 Å². The quantitative estimate of drug-likeness (QED) is 0.578. The van der Waals surface area contributed by atoms with Crippen LogP contribution in [-0.2, 0) is 0 Å². The Balaban J connectivity index is 2.63. The van der Waals surface area contributed by atoms with Crippen LogP contribution in [0, 0.1) is 11.3 Å². The average molecular weight is 153 g/mol. The summed E-state index contributed by atoms with van der Waals surface area (Å²) < 4.78 is 0. The smallest absolute Gasteiger partial charge is 0.0441 e. The van der Waals surface area contributed by atoms with Crippen LogP contribution < -0.4 is 0 Å². The molecule has 0 aromatic carbocycles. The van der Waals surface area contributed by atoms with Crippen molar-refractivity contribution < 1.29 is 0 Å². The Morgan fingerprint density at radius 2 is 2.00 bits per heavy atom. The first kappa shape index (κ1) is 8.76. The maximum Gasteiger partial charge on any atom is 0.0441 e. The van der Waals surface area contributed by atoms with Crippen molar-refractivity contribution in [1.82, 2.24) is 0 Å². The van der Waals surface area contributed by atoms with Gasteiger partial charge in [-0.2, -0.15) is 0 Å². The van der Waals surface area contributed by atoms with Gasteiger partial charge in [0.25, 0.3) is 0 Å². The second kappa shape index (κ2) is 2.96. The molecule has 0 aliphatic carbocycles. The predicted octanol–water partition coefficient (Wildman–Crippen LogP) is 2.90. The van der Waals surface area contributed by atoms with Gasteiger partial charge in [-0.25, -0.2) is 0 Å². The van der Waals surface area contributed by atoms with Gasteiger partial charge in [-0.05, 0) is 11.8 Å². The molecule has 0 N–H and O–H groups in total. The van der Waals surface area contributed by atoms with E-state index in [0.29, 0.717) is 5.41 Å². The van der Waals surface area contributed by atoms with Crippen LogP contribution in [0.15, 0.2) is 4.99 Å². The standard InChI is InChI=1S/C10H19N/c1-5-8(10(2,3)4)9-6-7-11-9/h8H,5-7H2,1-4H3. The lowest BCUT2D eigenvalue weighted by molar-refractivity contribution is 0.299. The van der Waals surface area contributed by atoms with Gasteiger partial charge in [-0.3, -0.25) is 4.99 Å². The minimum absolute atomic E-state index is 0.411. The summed E-state index contributed by atoms with van der Waals surface area (Å²) in [6.07, 6.45) is 2.48. The van der Waals surface area contributed by atoms with E-state index in [1.807, 2.05) is 0 Å². The Morgan fingerprint density at radius 3 is 2.09 bits per heavy atom. The third-order valence-electron chi connectivity index (χ3n) is 2.54. The zero-order valence-corrected chi connectivity index (χ0v) is 8.15. The van der Waals surface area contributed by atoms with Crippen LogP contribution in [0.3, 0.4) is 0 Å². The summed E-state index contributed by atoms with van der Waals surface area (Å²) >= 11 is 0. The van der Waals surface area contributed by atoms with Crippen LogP contribution in [0.4, 0.5) is 0 Å². The van der Waals surface area contributed by atoms with Gasteiger partial charge in [0.15, 0.2) is 0 Å². The normalized spacial score (nSPS) is 20.5. The molecule has 1 rings (SSSR count). The lowest BCUT2D eigenvalue weighted by Gasteiger charge is -2.33. The maximum atomic E-state index is 4.42. The molecule has 0 aromatic rings. The molecule has 0 spiro atoms. The van der Waals surface area contributed by atoms with Crippen LogP contribution in [0.2, 0.25) is 0 Å². The molecule has 1 heterocycles. The summed E-state index contributed by atoms with van der Waals surface area (Å²) in [7, 11) is 0. The zero-order valence-electron chi connectivity index (χ0n) is 8.15. The molecule has 64 valence electrons. The van der Waals surface area contributed by atoms with Gasteiger partial charge >= 0.3 is 0 Å². The minimum Gasteiger partial charge on any atom is -0.293 e. The van der Waals surface area contributed by atoms with Crippen molar-refractivity contribution in [2.45, 2.75) is 40.5 Å². The third kappa shape index (κ3) is 1.82. The molecule has 1 unspecified atom stereocenters. The number of hydrogen-bond acceptors (Lipinski definition) is 1. The molecule has 1 aliphatic heterocycles. The molecule has 0 amide bonds. The van der Waals surface area contributed by atoms with Gasteiger partial charge in [0.2, 0.25) is 0 Å². The van der Waals surface area contributed by atoms with Crippen molar-refractivity contribution in [3.63, 3.8) is 0 Å². The SMILES string of the molecule is CCC(C1=NCC1)C(C)(C)C. The third-order valence-corrected chi connectivity index (χ3v) is 2.54. The van der Waals surface area contributed by atoms with Crippen molar-refractivity contribution in [1.29, 1.82) is 0 Å². The Kier molecular flexibility index (Phi) is 2.36. The largest absolute Gasteiger partial charge is 0.293 e. The van der Waals surface area contributed by atoms with Crippen molar-refractivity contribution in [3.8, 4) is 0 Å². The molecule has 1 heteroatoms. The zero-order chi connectivity index (χ0) is 8.48. The van der Waals surface area contributed by atoms with Crippen molar-refractivity contribution >= 4 is 5.71 Å². The number of nitrogens with zero attached hydrogens (tertiary/aromatic N) is 1. The first-order valence-corrected chi connectivity index (χ1v) is 4.59. The highest BCUT2D eigenvalue weighted by atomic mass is 14.8. The van der Waals surface area contributed by atoms with E-state index in [0.717, 1.165) is 12.5 Å². The molecule has 0 fully saturated rings. The second-order valence-corrected chi connectivity index (χ2v) is 4.45. The van der Waals surface area contributed by atoms with Crippen molar-refractivity contribution in [3.05, 3.63) is 0 Å². The van der Waals surface area contributed by atoms with Gasteiger partial charge in [-0.15, -0.1) is 0 Å². The first-order valence-electron chi connectivity index (χ1n) is 4.59. The van der Waals surface area contributed by atoms with Gasteiger partial charge in [0, 0.05) is 24.6 Å². The molecular formula is C10H19N. The van der Waals surface area contributed by atoms with E-state index in [9.17, 15) is 0 Å². The first-order chi connectivity index (χ1) is 5.05. The highest BCUT2D eigenvalue weighted by Crippen LogP contribution is 2.32. The van der Waals surface area contributed by atoms with Gasteiger partial charge < -0.3 is 0 Å². The van der Waals surface area contributed by atoms with Crippen LogP contribution >= 0.6 is 0 Å². The van der Waals surface area contributed by atoms with E-state index in [4.69, 9.17) is 0 Å². The van der Waals surface area contributed by atoms with E-state index in [-0.39, 0.29) is 0 Å². The molecule has 11 heavy (non-hydrogen) atoms. The van der Waals surface area contributed by atoms with Gasteiger partial charge in [0.1, 0.15) is 0 Å². The van der Waals surface area contributed by atoms with Crippen molar-refractivity contribution in [2.24, 2.45) is 16.3 Å². The van der Waals surface area contributed by atoms with E-state index < -0.39 is 0 Å². The lowest BCUT2D eigenvalue weighted by atomic mass is 9.74. The average Bonchev–Trinajstić information content (AvgIpc) is 1.74. The molecule has 1 aliphatic rings. The Labute approximate surface area is 69.9 Å². The van der Waals surface area contributed by atoms with Crippen LogP contribution in [0.25, 0.3) is 0 Å². The Bertz CT molecular complexity index is 162. The maximum absolute atomic E-state index is 4.42. The Morgan fingerprint density at radius 1 is 1.45 bits per heavy atom. The lowest BCUT2D eigenvalue weighted by Crippen LogP contribution is -2.32. The number of aliphatic imine (C=N–C) groups is 1. The number of rotatable bonds is 2. The summed E-state index contributed by atoms with van der Waals surface area (Å²) in [5.74, 6) is 0.719. The van der Waals surface area contributed by atoms with Gasteiger partial charge in [0.05, 0.1) is 0 Å². The summed E-state index contributed by atoms with van der Waals surface area (Å²) in [4.78, 5) is 4.42.